The lowest BCUT2D eigenvalue weighted by Gasteiger charge is -2.18. The lowest BCUT2D eigenvalue weighted by atomic mass is 10.0. The normalized spacial score (nSPS) is 11.7. The Morgan fingerprint density at radius 3 is 2.54 bits per heavy atom. The Bertz CT molecular complexity index is 1240. The van der Waals surface area contributed by atoms with Gasteiger partial charge in [-0.15, -0.1) is 11.3 Å². The molecule has 0 saturated carbocycles. The van der Waals surface area contributed by atoms with Crippen molar-refractivity contribution in [1.29, 1.82) is 0 Å². The fourth-order valence-electron chi connectivity index (χ4n) is 3.84. The van der Waals surface area contributed by atoms with Crippen LogP contribution in [-0.4, -0.2) is 30.3 Å². The largest absolute Gasteiger partial charge is 0.493 e. The van der Waals surface area contributed by atoms with E-state index < -0.39 is 0 Å². The average molecular weight is 492 g/mol. The van der Waals surface area contributed by atoms with Crippen molar-refractivity contribution in [3.05, 3.63) is 81.9 Å². The standard InChI is InChI=1S/C27H29N3O4S/c1-4-6-18-8-10-19(11-9-18)26(23-7-5-16-35-23)28-24(31)14-15-25-29-27(30-34-25)20-12-13-21(32-2)22(17-20)33-3/h5,7-13,16-17,26H,4,6,14-15H2,1-3H3,(H,28,31). The average Bonchev–Trinajstić information content (AvgIpc) is 3.59. The van der Waals surface area contributed by atoms with Gasteiger partial charge in [0.15, 0.2) is 11.5 Å². The fourth-order valence-corrected chi connectivity index (χ4v) is 4.64. The number of hydrogen-bond donors (Lipinski definition) is 1. The molecule has 0 aliphatic heterocycles. The number of aromatic nitrogens is 2. The molecule has 8 heteroatoms. The van der Waals surface area contributed by atoms with E-state index in [9.17, 15) is 4.79 Å². The Morgan fingerprint density at radius 2 is 1.86 bits per heavy atom. The molecule has 4 aromatic rings. The zero-order chi connectivity index (χ0) is 24.6. The molecule has 0 aliphatic rings. The topological polar surface area (TPSA) is 86.5 Å². The predicted molar refractivity (Wildman–Crippen MR) is 136 cm³/mol. The summed E-state index contributed by atoms with van der Waals surface area (Å²) in [6, 6.07) is 17.7. The van der Waals surface area contributed by atoms with Crippen molar-refractivity contribution in [1.82, 2.24) is 15.5 Å². The van der Waals surface area contributed by atoms with Gasteiger partial charge in [-0.05, 0) is 47.2 Å². The van der Waals surface area contributed by atoms with Crippen LogP contribution >= 0.6 is 11.3 Å². The van der Waals surface area contributed by atoms with Gasteiger partial charge in [-0.25, -0.2) is 0 Å². The van der Waals surface area contributed by atoms with Gasteiger partial charge in [-0.1, -0.05) is 48.8 Å². The molecule has 0 aliphatic carbocycles. The molecule has 2 aromatic carbocycles. The zero-order valence-electron chi connectivity index (χ0n) is 20.1. The summed E-state index contributed by atoms with van der Waals surface area (Å²) in [6.07, 6.45) is 2.74. The number of nitrogens with one attached hydrogen (secondary N) is 1. The molecule has 1 N–H and O–H groups in total. The summed E-state index contributed by atoms with van der Waals surface area (Å²) < 4.78 is 16.0. The number of carbonyl (C=O) groups excluding carboxylic acids is 1. The van der Waals surface area contributed by atoms with E-state index >= 15 is 0 Å². The molecule has 1 amide bonds. The second-order valence-corrected chi connectivity index (χ2v) is 9.07. The van der Waals surface area contributed by atoms with Crippen LogP contribution in [0.25, 0.3) is 11.4 Å². The van der Waals surface area contributed by atoms with Gasteiger partial charge in [0.1, 0.15) is 0 Å². The number of nitrogens with zero attached hydrogens (tertiary/aromatic N) is 2. The molecule has 2 aromatic heterocycles. The Kier molecular flexibility index (Phi) is 8.15. The highest BCUT2D eigenvalue weighted by molar-refractivity contribution is 7.10. The van der Waals surface area contributed by atoms with E-state index in [0.717, 1.165) is 28.8 Å². The summed E-state index contributed by atoms with van der Waals surface area (Å²) in [7, 11) is 3.16. The van der Waals surface area contributed by atoms with Gasteiger partial charge in [0, 0.05) is 23.3 Å². The van der Waals surface area contributed by atoms with E-state index in [0.29, 0.717) is 29.6 Å². The first-order valence-electron chi connectivity index (χ1n) is 11.6. The molecular weight excluding hydrogens is 462 g/mol. The zero-order valence-corrected chi connectivity index (χ0v) is 20.9. The Labute approximate surface area is 209 Å². The van der Waals surface area contributed by atoms with E-state index in [1.807, 2.05) is 23.6 Å². The summed E-state index contributed by atoms with van der Waals surface area (Å²) in [4.78, 5) is 18.4. The highest BCUT2D eigenvalue weighted by Crippen LogP contribution is 2.31. The quantitative estimate of drug-likeness (QED) is 0.294. The number of hydrogen-bond acceptors (Lipinski definition) is 7. The number of carbonyl (C=O) groups is 1. The van der Waals surface area contributed by atoms with Crippen molar-refractivity contribution in [3.8, 4) is 22.9 Å². The van der Waals surface area contributed by atoms with Crippen molar-refractivity contribution in [3.63, 3.8) is 0 Å². The highest BCUT2D eigenvalue weighted by Gasteiger charge is 2.19. The molecule has 0 spiro atoms. The number of ether oxygens (including phenoxy) is 2. The molecular formula is C27H29N3O4S. The lowest BCUT2D eigenvalue weighted by molar-refractivity contribution is -0.121. The van der Waals surface area contributed by atoms with Gasteiger partial charge in [-0.3, -0.25) is 4.79 Å². The SMILES string of the molecule is CCCc1ccc(C(NC(=O)CCc2nc(-c3ccc(OC)c(OC)c3)no2)c2cccs2)cc1. The van der Waals surface area contributed by atoms with Crippen LogP contribution in [0.3, 0.4) is 0 Å². The maximum absolute atomic E-state index is 12.9. The maximum atomic E-state index is 12.9. The number of benzene rings is 2. The third-order valence-corrected chi connectivity index (χ3v) is 6.60. The number of rotatable bonds is 11. The van der Waals surface area contributed by atoms with E-state index in [1.54, 1.807) is 37.7 Å². The van der Waals surface area contributed by atoms with Gasteiger partial charge in [0.05, 0.1) is 20.3 Å². The first-order chi connectivity index (χ1) is 17.1. The molecule has 0 saturated heterocycles. The first-order valence-corrected chi connectivity index (χ1v) is 12.5. The van der Waals surface area contributed by atoms with E-state index in [1.165, 1.54) is 5.56 Å². The second kappa shape index (κ2) is 11.7. The van der Waals surface area contributed by atoms with Crippen LogP contribution in [0.5, 0.6) is 11.5 Å². The summed E-state index contributed by atoms with van der Waals surface area (Å²) in [6.45, 7) is 2.17. The Balaban J connectivity index is 1.41. The number of amides is 1. The minimum absolute atomic E-state index is 0.0769. The van der Waals surface area contributed by atoms with Gasteiger partial charge in [-0.2, -0.15) is 4.98 Å². The lowest BCUT2D eigenvalue weighted by Crippen LogP contribution is -2.29. The van der Waals surface area contributed by atoms with Crippen molar-refractivity contribution >= 4 is 17.2 Å². The Morgan fingerprint density at radius 1 is 1.06 bits per heavy atom. The minimum Gasteiger partial charge on any atom is -0.493 e. The molecule has 35 heavy (non-hydrogen) atoms. The molecule has 7 nitrogen and oxygen atoms in total. The highest BCUT2D eigenvalue weighted by atomic mass is 32.1. The summed E-state index contributed by atoms with van der Waals surface area (Å²) in [5.41, 5.74) is 3.11. The van der Waals surface area contributed by atoms with Gasteiger partial charge in [0.2, 0.25) is 17.6 Å². The van der Waals surface area contributed by atoms with Crippen molar-refractivity contribution < 1.29 is 18.8 Å². The summed E-state index contributed by atoms with van der Waals surface area (Å²) in [5, 5.41) is 9.25. The minimum atomic E-state index is -0.191. The smallest absolute Gasteiger partial charge is 0.227 e. The molecule has 1 atom stereocenters. The predicted octanol–water partition coefficient (Wildman–Crippen LogP) is 5.61. The van der Waals surface area contributed by atoms with Crippen LogP contribution in [0.1, 0.15) is 47.7 Å². The van der Waals surface area contributed by atoms with Gasteiger partial charge in [0.25, 0.3) is 0 Å². The molecule has 0 bridgehead atoms. The monoisotopic (exact) mass is 491 g/mol. The number of methoxy groups -OCH3 is 2. The first kappa shape index (κ1) is 24.5. The third-order valence-electron chi connectivity index (χ3n) is 5.66. The summed E-state index contributed by atoms with van der Waals surface area (Å²) >= 11 is 1.63. The number of thiophene rings is 1. The van der Waals surface area contributed by atoms with Crippen LogP contribution in [0, 0.1) is 0 Å². The van der Waals surface area contributed by atoms with Gasteiger partial charge >= 0.3 is 0 Å². The molecule has 0 radical (unpaired) electrons. The van der Waals surface area contributed by atoms with Crippen molar-refractivity contribution in [2.75, 3.05) is 14.2 Å². The van der Waals surface area contributed by atoms with Crippen LogP contribution in [0.4, 0.5) is 0 Å². The van der Waals surface area contributed by atoms with E-state index in [2.05, 4.69) is 46.6 Å². The summed E-state index contributed by atoms with van der Waals surface area (Å²) in [5.74, 6) is 1.97. The molecule has 1 unspecified atom stereocenters. The number of aryl methyl sites for hydroxylation is 2. The van der Waals surface area contributed by atoms with Gasteiger partial charge < -0.3 is 19.3 Å². The Hall–Kier alpha value is -3.65. The second-order valence-electron chi connectivity index (χ2n) is 8.09. The van der Waals surface area contributed by atoms with Crippen LogP contribution in [0.2, 0.25) is 0 Å². The van der Waals surface area contributed by atoms with Crippen LogP contribution in [-0.2, 0) is 17.6 Å². The van der Waals surface area contributed by atoms with Crippen LogP contribution < -0.4 is 14.8 Å². The van der Waals surface area contributed by atoms with E-state index in [4.69, 9.17) is 14.0 Å². The van der Waals surface area contributed by atoms with Crippen molar-refractivity contribution in [2.45, 2.75) is 38.6 Å². The van der Waals surface area contributed by atoms with E-state index in [-0.39, 0.29) is 18.4 Å². The molecule has 182 valence electrons. The molecule has 0 fully saturated rings. The maximum Gasteiger partial charge on any atom is 0.227 e. The van der Waals surface area contributed by atoms with Crippen molar-refractivity contribution in [2.24, 2.45) is 0 Å². The molecule has 2 heterocycles. The van der Waals surface area contributed by atoms with Crippen LogP contribution in [0.15, 0.2) is 64.5 Å². The fraction of sp³-hybridized carbons (Fsp3) is 0.296. The third kappa shape index (κ3) is 6.08. The molecule has 4 rings (SSSR count).